The number of carboxylic acids is 5. The Morgan fingerprint density at radius 2 is 0.655 bits per heavy atom. The molecule has 0 radical (unpaired) electrons. The second kappa shape index (κ2) is 50.7. The molecule has 15 heteroatoms. The summed E-state index contributed by atoms with van der Waals surface area (Å²) in [5, 5.41) is 40.1. The summed E-state index contributed by atoms with van der Waals surface area (Å²) in [6.45, 7) is 8.55. The van der Waals surface area contributed by atoms with E-state index in [1.165, 1.54) is 0 Å². The zero-order valence-corrected chi connectivity index (χ0v) is 16.3. The van der Waals surface area contributed by atoms with Crippen LogP contribution in [0.15, 0.2) is 0 Å². The number of nitrogens with one attached hydrogen (secondary N) is 1. The van der Waals surface area contributed by atoms with Crippen molar-refractivity contribution in [2.24, 2.45) is 11.5 Å². The van der Waals surface area contributed by atoms with Gasteiger partial charge in [0.05, 0.1) is 0 Å². The first-order chi connectivity index (χ1) is 12.1. The normalized spacial score (nSPS) is 6.59. The fourth-order valence-corrected chi connectivity index (χ4v) is 0.329. The third-order valence-electron chi connectivity index (χ3n) is 0.642. The number of hydrogen-bond donors (Lipinski definition) is 8. The van der Waals surface area contributed by atoms with Gasteiger partial charge in [-0.25, -0.2) is 0 Å². The van der Waals surface area contributed by atoms with E-state index in [4.69, 9.17) is 61.0 Å². The summed E-state index contributed by atoms with van der Waals surface area (Å²) < 4.78 is 0. The molecule has 0 amide bonds. The molecule has 0 saturated carbocycles. The van der Waals surface area contributed by atoms with E-state index in [9.17, 15) is 0 Å². The van der Waals surface area contributed by atoms with Gasteiger partial charge in [-0.3, -0.25) is 24.0 Å². The summed E-state index contributed by atoms with van der Waals surface area (Å²) in [6, 6.07) is 0. The van der Waals surface area contributed by atoms with E-state index < -0.39 is 29.8 Å². The van der Waals surface area contributed by atoms with Crippen molar-refractivity contribution >= 4 is 89.0 Å². The molecule has 29 heavy (non-hydrogen) atoms. The van der Waals surface area contributed by atoms with Gasteiger partial charge in [-0.15, -0.1) is 0 Å². The third-order valence-corrected chi connectivity index (χ3v) is 0.642. The van der Waals surface area contributed by atoms with Gasteiger partial charge in [-0.05, 0) is 0 Å². The Kier molecular flexibility index (Phi) is 89.4. The number of rotatable bonds is 4. The molecule has 0 bridgehead atoms. The minimum atomic E-state index is -0.833. The fraction of sp³-hybridized carbons (Fsp3) is 0.643. The molecule has 10 N–H and O–H groups in total. The molecule has 0 saturated heterocycles. The van der Waals surface area contributed by atoms with E-state index in [-0.39, 0.29) is 59.1 Å². The minimum absolute atomic E-state index is 0. The quantitative estimate of drug-likeness (QED) is 0.165. The summed E-state index contributed by atoms with van der Waals surface area (Å²) in [7, 11) is 0. The van der Waals surface area contributed by atoms with Crippen LogP contribution in [0, 0.1) is 0 Å². The molecule has 0 unspecified atom stereocenters. The van der Waals surface area contributed by atoms with E-state index in [1.54, 1.807) is 0 Å². The Morgan fingerprint density at radius 3 is 0.724 bits per heavy atom. The standard InChI is InChI=1S/C4H13N3.5C2H4O2.2Na.2H/c5-1-3-7-4-2-6;5*1-2(3)4;;;;/h7H,1-6H2;5*1H3,(H,3,4);;;;. The van der Waals surface area contributed by atoms with Gasteiger partial charge in [0.2, 0.25) is 0 Å². The second-order valence-corrected chi connectivity index (χ2v) is 3.92. The SMILES string of the molecule is CC(=O)O.CC(=O)O.CC(=O)O.CC(=O)O.CC(=O)O.NCCNCCN.[NaH].[NaH]. The average Bonchev–Trinajstić information content (AvgIpc) is 2.35. The fourth-order valence-electron chi connectivity index (χ4n) is 0.329. The first kappa shape index (κ1) is 51.1. The second-order valence-electron chi connectivity index (χ2n) is 3.92. The van der Waals surface area contributed by atoms with Crippen LogP contribution in [0.5, 0.6) is 0 Å². The number of aliphatic carboxylic acids is 5. The molecule has 0 fully saturated rings. The van der Waals surface area contributed by atoms with Crippen molar-refractivity contribution in [1.82, 2.24) is 5.32 Å². The van der Waals surface area contributed by atoms with E-state index in [0.717, 1.165) is 47.7 Å². The number of hydrogen-bond acceptors (Lipinski definition) is 8. The van der Waals surface area contributed by atoms with Crippen LogP contribution in [-0.4, -0.2) is 141 Å². The Labute approximate surface area is 214 Å². The van der Waals surface area contributed by atoms with Gasteiger partial charge in [0.15, 0.2) is 0 Å². The van der Waals surface area contributed by atoms with Gasteiger partial charge in [-0.2, -0.15) is 0 Å². The molecule has 0 aliphatic heterocycles. The topological polar surface area (TPSA) is 251 Å². The predicted molar refractivity (Wildman–Crippen MR) is 112 cm³/mol. The zero-order valence-electron chi connectivity index (χ0n) is 16.3. The summed E-state index contributed by atoms with van der Waals surface area (Å²) >= 11 is 0. The van der Waals surface area contributed by atoms with Crippen molar-refractivity contribution < 1.29 is 49.5 Å². The summed E-state index contributed by atoms with van der Waals surface area (Å²) in [5.41, 5.74) is 10.3. The Balaban J connectivity index is -0.0000000305. The van der Waals surface area contributed by atoms with Crippen LogP contribution < -0.4 is 16.8 Å². The molecule has 0 heterocycles. The van der Waals surface area contributed by atoms with Crippen molar-refractivity contribution in [3.05, 3.63) is 0 Å². The van der Waals surface area contributed by atoms with Crippen LogP contribution in [-0.2, 0) is 24.0 Å². The molecule has 0 aromatic heterocycles. The van der Waals surface area contributed by atoms with E-state index >= 15 is 0 Å². The molecular formula is C14H35N3Na2O10. The van der Waals surface area contributed by atoms with Gasteiger partial charge in [0.25, 0.3) is 29.8 Å². The molecule has 0 aromatic carbocycles. The number of carbonyl (C=O) groups is 5. The van der Waals surface area contributed by atoms with Crippen molar-refractivity contribution in [2.75, 3.05) is 26.2 Å². The maximum absolute atomic E-state index is 9.00. The molecule has 13 nitrogen and oxygen atoms in total. The molecule has 0 atom stereocenters. The molecule has 0 aliphatic rings. The predicted octanol–water partition coefficient (Wildman–Crippen LogP) is -2.35. The van der Waals surface area contributed by atoms with E-state index in [0.29, 0.717) is 13.1 Å². The van der Waals surface area contributed by atoms with E-state index in [2.05, 4.69) is 5.32 Å². The molecule has 0 rings (SSSR count). The Hall–Kier alpha value is -0.770. The average molecular weight is 451 g/mol. The molecule has 168 valence electrons. The van der Waals surface area contributed by atoms with Gasteiger partial charge in [-0.1, -0.05) is 0 Å². The van der Waals surface area contributed by atoms with Crippen molar-refractivity contribution in [1.29, 1.82) is 0 Å². The Morgan fingerprint density at radius 1 is 0.552 bits per heavy atom. The van der Waals surface area contributed by atoms with Crippen LogP contribution >= 0.6 is 0 Å². The molecule has 0 aliphatic carbocycles. The van der Waals surface area contributed by atoms with Gasteiger partial charge in [0.1, 0.15) is 0 Å². The molecule has 0 aromatic rings. The van der Waals surface area contributed by atoms with E-state index in [1.807, 2.05) is 0 Å². The zero-order chi connectivity index (χ0) is 23.4. The number of carboxylic acid groups (broad SMARTS) is 5. The summed E-state index contributed by atoms with van der Waals surface area (Å²) in [4.78, 5) is 45.0. The van der Waals surface area contributed by atoms with Gasteiger partial charge in [0, 0.05) is 60.8 Å². The monoisotopic (exact) mass is 451 g/mol. The molecular weight excluding hydrogens is 416 g/mol. The maximum atomic E-state index is 9.00. The van der Waals surface area contributed by atoms with Crippen LogP contribution in [0.1, 0.15) is 34.6 Å². The summed E-state index contributed by atoms with van der Waals surface area (Å²) in [6.07, 6.45) is 0. The van der Waals surface area contributed by atoms with Crippen LogP contribution in [0.4, 0.5) is 0 Å². The van der Waals surface area contributed by atoms with Crippen LogP contribution in [0.2, 0.25) is 0 Å². The van der Waals surface area contributed by atoms with Crippen LogP contribution in [0.3, 0.4) is 0 Å². The van der Waals surface area contributed by atoms with Crippen LogP contribution in [0.25, 0.3) is 0 Å². The molecule has 0 spiro atoms. The summed E-state index contributed by atoms with van der Waals surface area (Å²) in [5.74, 6) is -4.17. The Bertz CT molecular complexity index is 293. The van der Waals surface area contributed by atoms with Crippen molar-refractivity contribution in [2.45, 2.75) is 34.6 Å². The van der Waals surface area contributed by atoms with Gasteiger partial charge >= 0.3 is 59.1 Å². The van der Waals surface area contributed by atoms with Crippen molar-refractivity contribution in [3.63, 3.8) is 0 Å². The van der Waals surface area contributed by atoms with Gasteiger partial charge < -0.3 is 42.3 Å². The van der Waals surface area contributed by atoms with Crippen molar-refractivity contribution in [3.8, 4) is 0 Å². The first-order valence-corrected chi connectivity index (χ1v) is 7.16. The third kappa shape index (κ3) is 1660. The number of nitrogens with two attached hydrogens (primary N) is 2. The first-order valence-electron chi connectivity index (χ1n) is 7.16.